The van der Waals surface area contributed by atoms with E-state index in [1.807, 2.05) is 25.1 Å². The van der Waals surface area contributed by atoms with Crippen molar-refractivity contribution in [1.82, 2.24) is 0 Å². The molecule has 0 spiro atoms. The molecule has 1 fully saturated rings. The molecule has 88 valence electrons. The molecule has 1 aromatic carbocycles. The number of hydrogen-bond acceptors (Lipinski definition) is 3. The Balaban J connectivity index is 2.19. The van der Waals surface area contributed by atoms with Crippen LogP contribution in [0.2, 0.25) is 0 Å². The van der Waals surface area contributed by atoms with Gasteiger partial charge in [0.15, 0.2) is 0 Å². The minimum absolute atomic E-state index is 0.0798. The average Bonchev–Trinajstić information content (AvgIpc) is 2.33. The van der Waals surface area contributed by atoms with Gasteiger partial charge >= 0.3 is 0 Å². The SMILES string of the molecule is Cc1cccc([C@H](N)C2CCOCC2)c1O. The second kappa shape index (κ2) is 4.85. The van der Waals surface area contributed by atoms with E-state index in [4.69, 9.17) is 10.5 Å². The van der Waals surface area contributed by atoms with E-state index in [0.29, 0.717) is 11.7 Å². The number of aryl methyl sites for hydroxylation is 1. The lowest BCUT2D eigenvalue weighted by Crippen LogP contribution is -2.27. The number of para-hydroxylation sites is 1. The van der Waals surface area contributed by atoms with Gasteiger partial charge in [0.1, 0.15) is 5.75 Å². The highest BCUT2D eigenvalue weighted by atomic mass is 16.5. The third-order valence-electron chi connectivity index (χ3n) is 3.40. The summed E-state index contributed by atoms with van der Waals surface area (Å²) in [5.41, 5.74) is 7.98. The van der Waals surface area contributed by atoms with Crippen LogP contribution in [0.4, 0.5) is 0 Å². The molecule has 1 atom stereocenters. The Labute approximate surface area is 96.2 Å². The summed E-state index contributed by atoms with van der Waals surface area (Å²) < 4.78 is 5.32. The van der Waals surface area contributed by atoms with Gasteiger partial charge in [-0.1, -0.05) is 18.2 Å². The normalized spacial score (nSPS) is 19.6. The van der Waals surface area contributed by atoms with Gasteiger partial charge in [0.25, 0.3) is 0 Å². The van der Waals surface area contributed by atoms with Crippen molar-refractivity contribution < 1.29 is 9.84 Å². The highest BCUT2D eigenvalue weighted by Gasteiger charge is 2.24. The monoisotopic (exact) mass is 221 g/mol. The molecule has 0 radical (unpaired) electrons. The smallest absolute Gasteiger partial charge is 0.123 e. The summed E-state index contributed by atoms with van der Waals surface area (Å²) in [4.78, 5) is 0. The summed E-state index contributed by atoms with van der Waals surface area (Å²) in [6, 6.07) is 5.69. The molecule has 1 saturated heterocycles. The van der Waals surface area contributed by atoms with Gasteiger partial charge in [-0.15, -0.1) is 0 Å². The lowest BCUT2D eigenvalue weighted by atomic mass is 9.87. The molecule has 0 saturated carbocycles. The largest absolute Gasteiger partial charge is 0.507 e. The number of rotatable bonds is 2. The van der Waals surface area contributed by atoms with E-state index in [9.17, 15) is 5.11 Å². The molecule has 0 amide bonds. The van der Waals surface area contributed by atoms with Gasteiger partial charge in [-0.3, -0.25) is 0 Å². The maximum atomic E-state index is 9.99. The summed E-state index contributed by atoms with van der Waals surface area (Å²) in [7, 11) is 0. The van der Waals surface area contributed by atoms with Crippen molar-refractivity contribution in [3.63, 3.8) is 0 Å². The van der Waals surface area contributed by atoms with Crippen molar-refractivity contribution in [2.75, 3.05) is 13.2 Å². The Kier molecular flexibility index (Phi) is 3.46. The van der Waals surface area contributed by atoms with E-state index >= 15 is 0 Å². The number of benzene rings is 1. The number of phenolic OH excluding ortho intramolecular Hbond substituents is 1. The van der Waals surface area contributed by atoms with Crippen molar-refractivity contribution in [3.8, 4) is 5.75 Å². The number of nitrogens with two attached hydrogens (primary N) is 1. The van der Waals surface area contributed by atoms with E-state index < -0.39 is 0 Å². The molecular formula is C13H19NO2. The van der Waals surface area contributed by atoms with E-state index in [-0.39, 0.29) is 6.04 Å². The maximum Gasteiger partial charge on any atom is 0.123 e. The Morgan fingerprint density at radius 2 is 2.06 bits per heavy atom. The molecule has 1 aliphatic heterocycles. The predicted octanol–water partition coefficient (Wildman–Crippen LogP) is 2.13. The first-order valence-corrected chi connectivity index (χ1v) is 5.82. The topological polar surface area (TPSA) is 55.5 Å². The van der Waals surface area contributed by atoms with Crippen molar-refractivity contribution in [1.29, 1.82) is 0 Å². The van der Waals surface area contributed by atoms with Crippen LogP contribution in [0.3, 0.4) is 0 Å². The summed E-state index contributed by atoms with van der Waals surface area (Å²) in [6.45, 7) is 3.46. The predicted molar refractivity (Wildman–Crippen MR) is 63.3 cm³/mol. The summed E-state index contributed by atoms with van der Waals surface area (Å²) in [5, 5.41) is 9.99. The number of hydrogen-bond donors (Lipinski definition) is 2. The second-order valence-corrected chi connectivity index (χ2v) is 4.49. The Hall–Kier alpha value is -1.06. The molecule has 0 aromatic heterocycles. The molecule has 0 bridgehead atoms. The lowest BCUT2D eigenvalue weighted by Gasteiger charge is -2.28. The fourth-order valence-corrected chi connectivity index (χ4v) is 2.28. The van der Waals surface area contributed by atoms with Crippen LogP contribution in [0.1, 0.15) is 30.0 Å². The van der Waals surface area contributed by atoms with Gasteiger partial charge in [0.2, 0.25) is 0 Å². The molecule has 1 aromatic rings. The van der Waals surface area contributed by atoms with E-state index in [2.05, 4.69) is 0 Å². The van der Waals surface area contributed by atoms with Crippen LogP contribution in [0.25, 0.3) is 0 Å². The first-order chi connectivity index (χ1) is 7.70. The molecule has 1 aliphatic rings. The number of phenols is 1. The minimum atomic E-state index is -0.0798. The summed E-state index contributed by atoms with van der Waals surface area (Å²) in [5.74, 6) is 0.767. The van der Waals surface area contributed by atoms with Crippen LogP contribution in [0.5, 0.6) is 5.75 Å². The molecular weight excluding hydrogens is 202 g/mol. The lowest BCUT2D eigenvalue weighted by molar-refractivity contribution is 0.0581. The first-order valence-electron chi connectivity index (χ1n) is 5.82. The molecule has 0 unspecified atom stereocenters. The number of aromatic hydroxyl groups is 1. The third-order valence-corrected chi connectivity index (χ3v) is 3.40. The summed E-state index contributed by atoms with van der Waals surface area (Å²) >= 11 is 0. The van der Waals surface area contributed by atoms with E-state index in [0.717, 1.165) is 37.2 Å². The van der Waals surface area contributed by atoms with Crippen LogP contribution >= 0.6 is 0 Å². The van der Waals surface area contributed by atoms with Crippen molar-refractivity contribution >= 4 is 0 Å². The quantitative estimate of drug-likeness (QED) is 0.804. The van der Waals surface area contributed by atoms with E-state index in [1.165, 1.54) is 0 Å². The highest BCUT2D eigenvalue weighted by molar-refractivity contribution is 5.41. The highest BCUT2D eigenvalue weighted by Crippen LogP contribution is 2.34. The molecule has 3 nitrogen and oxygen atoms in total. The first kappa shape index (κ1) is 11.4. The second-order valence-electron chi connectivity index (χ2n) is 4.49. The minimum Gasteiger partial charge on any atom is -0.507 e. The van der Waals surface area contributed by atoms with Gasteiger partial charge in [0.05, 0.1) is 0 Å². The van der Waals surface area contributed by atoms with Crippen LogP contribution in [0, 0.1) is 12.8 Å². The Morgan fingerprint density at radius 1 is 1.38 bits per heavy atom. The fourth-order valence-electron chi connectivity index (χ4n) is 2.28. The van der Waals surface area contributed by atoms with Crippen LogP contribution in [-0.2, 0) is 4.74 Å². The van der Waals surface area contributed by atoms with Gasteiger partial charge in [-0.25, -0.2) is 0 Å². The van der Waals surface area contributed by atoms with Crippen LogP contribution in [-0.4, -0.2) is 18.3 Å². The zero-order chi connectivity index (χ0) is 11.5. The molecule has 2 rings (SSSR count). The van der Waals surface area contributed by atoms with Crippen molar-refractivity contribution in [2.45, 2.75) is 25.8 Å². The van der Waals surface area contributed by atoms with E-state index in [1.54, 1.807) is 0 Å². The summed E-state index contributed by atoms with van der Waals surface area (Å²) in [6.07, 6.45) is 1.96. The van der Waals surface area contributed by atoms with Gasteiger partial charge in [-0.05, 0) is 31.2 Å². The molecule has 3 heteroatoms. The van der Waals surface area contributed by atoms with Gasteiger partial charge < -0.3 is 15.6 Å². The maximum absolute atomic E-state index is 9.99. The standard InChI is InChI=1S/C13H19NO2/c1-9-3-2-4-11(13(9)15)12(14)10-5-7-16-8-6-10/h2-4,10,12,15H,5-8,14H2,1H3/t12-/m1/s1. The van der Waals surface area contributed by atoms with Crippen molar-refractivity contribution in [3.05, 3.63) is 29.3 Å². The molecule has 1 heterocycles. The van der Waals surface area contributed by atoms with Gasteiger partial charge in [-0.2, -0.15) is 0 Å². The van der Waals surface area contributed by atoms with Crippen LogP contribution < -0.4 is 5.73 Å². The van der Waals surface area contributed by atoms with Crippen LogP contribution in [0.15, 0.2) is 18.2 Å². The zero-order valence-corrected chi connectivity index (χ0v) is 9.65. The molecule has 3 N–H and O–H groups in total. The molecule has 16 heavy (non-hydrogen) atoms. The zero-order valence-electron chi connectivity index (χ0n) is 9.65. The fraction of sp³-hybridized carbons (Fsp3) is 0.538. The van der Waals surface area contributed by atoms with Crippen molar-refractivity contribution in [2.24, 2.45) is 11.7 Å². The Morgan fingerprint density at radius 3 is 2.75 bits per heavy atom. The number of ether oxygens (including phenoxy) is 1. The third kappa shape index (κ3) is 2.20. The van der Waals surface area contributed by atoms with Gasteiger partial charge in [0, 0.05) is 24.8 Å². The molecule has 0 aliphatic carbocycles. The average molecular weight is 221 g/mol. The Bertz CT molecular complexity index is 359.